The zero-order valence-electron chi connectivity index (χ0n) is 18.6. The quantitative estimate of drug-likeness (QED) is 0.711. The molecule has 7 nitrogen and oxygen atoms in total. The molecule has 0 spiro atoms. The second-order valence-electron chi connectivity index (χ2n) is 8.25. The van der Waals surface area contributed by atoms with E-state index in [0.717, 1.165) is 41.8 Å². The highest BCUT2D eigenvalue weighted by Crippen LogP contribution is 2.39. The third kappa shape index (κ3) is 4.28. The lowest BCUT2D eigenvalue weighted by molar-refractivity contribution is -0.122. The first-order valence-corrected chi connectivity index (χ1v) is 10.9. The second kappa shape index (κ2) is 8.94. The van der Waals surface area contributed by atoms with Crippen molar-refractivity contribution in [1.29, 1.82) is 0 Å². The van der Waals surface area contributed by atoms with Crippen molar-refractivity contribution in [3.63, 3.8) is 0 Å². The predicted octanol–water partition coefficient (Wildman–Crippen LogP) is 4.34. The standard InChI is InChI=1S/C25H27N3O4/c1-4-32-25(31)17-7-5-8-18(13-17)26-23(29)14-28-22-12-16(3)15(2)11-21(22)27-20-10-6-9-19(20)24(28)30/h5,7-8,11-13,19H,4,6,9-10,14H2,1-3H3,(H,26,29). The van der Waals surface area contributed by atoms with E-state index < -0.39 is 5.97 Å². The molecular weight excluding hydrogens is 406 g/mol. The van der Waals surface area contributed by atoms with Crippen molar-refractivity contribution in [1.82, 2.24) is 0 Å². The van der Waals surface area contributed by atoms with Crippen molar-refractivity contribution in [2.24, 2.45) is 10.9 Å². The first kappa shape index (κ1) is 21.7. The number of carbonyl (C=O) groups is 3. The monoisotopic (exact) mass is 433 g/mol. The van der Waals surface area contributed by atoms with Crippen molar-refractivity contribution in [2.75, 3.05) is 23.4 Å². The third-order valence-corrected chi connectivity index (χ3v) is 6.00. The lowest BCUT2D eigenvalue weighted by Gasteiger charge is -2.25. The van der Waals surface area contributed by atoms with Crippen LogP contribution in [-0.4, -0.2) is 36.6 Å². The molecule has 4 rings (SSSR count). The Kier molecular flexibility index (Phi) is 6.08. The van der Waals surface area contributed by atoms with Crippen LogP contribution in [-0.2, 0) is 14.3 Å². The molecule has 1 atom stereocenters. The zero-order chi connectivity index (χ0) is 22.8. The maximum absolute atomic E-state index is 13.4. The first-order chi connectivity index (χ1) is 15.4. The molecule has 1 heterocycles. The average Bonchev–Trinajstić information content (AvgIpc) is 3.19. The minimum atomic E-state index is -0.447. The second-order valence-corrected chi connectivity index (χ2v) is 8.25. The lowest BCUT2D eigenvalue weighted by atomic mass is 10.0. The third-order valence-electron chi connectivity index (χ3n) is 6.00. The molecule has 7 heteroatoms. The molecule has 1 unspecified atom stereocenters. The van der Waals surface area contributed by atoms with E-state index in [-0.39, 0.29) is 30.9 Å². The molecular formula is C25H27N3O4. The molecule has 1 aliphatic carbocycles. The molecule has 1 fully saturated rings. The molecule has 0 radical (unpaired) electrons. The fourth-order valence-corrected chi connectivity index (χ4v) is 4.23. The van der Waals surface area contributed by atoms with Gasteiger partial charge in [-0.1, -0.05) is 6.07 Å². The Balaban J connectivity index is 1.59. The van der Waals surface area contributed by atoms with Gasteiger partial charge in [-0.15, -0.1) is 0 Å². The molecule has 1 aliphatic heterocycles. The van der Waals surface area contributed by atoms with Crippen LogP contribution in [0, 0.1) is 19.8 Å². The smallest absolute Gasteiger partial charge is 0.338 e. The number of nitrogens with one attached hydrogen (secondary N) is 1. The fraction of sp³-hybridized carbons (Fsp3) is 0.360. The summed E-state index contributed by atoms with van der Waals surface area (Å²) in [7, 11) is 0. The zero-order valence-corrected chi connectivity index (χ0v) is 18.6. The lowest BCUT2D eigenvalue weighted by Crippen LogP contribution is -2.42. The summed E-state index contributed by atoms with van der Waals surface area (Å²) in [5.74, 6) is -1.15. The van der Waals surface area contributed by atoms with Crippen LogP contribution < -0.4 is 10.2 Å². The summed E-state index contributed by atoms with van der Waals surface area (Å²) in [6.07, 6.45) is 2.49. The molecule has 2 aromatic carbocycles. The highest BCUT2D eigenvalue weighted by molar-refractivity contribution is 6.17. The van der Waals surface area contributed by atoms with E-state index in [2.05, 4.69) is 5.32 Å². The number of anilines is 2. The Hall–Kier alpha value is -3.48. The van der Waals surface area contributed by atoms with Gasteiger partial charge in [0.15, 0.2) is 0 Å². The van der Waals surface area contributed by atoms with Crippen LogP contribution in [0.25, 0.3) is 0 Å². The van der Waals surface area contributed by atoms with Gasteiger partial charge >= 0.3 is 5.97 Å². The number of esters is 1. The highest BCUT2D eigenvalue weighted by atomic mass is 16.5. The molecule has 2 amide bonds. The first-order valence-electron chi connectivity index (χ1n) is 10.9. The molecule has 1 N–H and O–H groups in total. The number of hydrogen-bond donors (Lipinski definition) is 1. The van der Waals surface area contributed by atoms with Crippen molar-refractivity contribution in [3.8, 4) is 0 Å². The highest BCUT2D eigenvalue weighted by Gasteiger charge is 2.37. The average molecular weight is 434 g/mol. The number of rotatable bonds is 5. The Labute approximate surface area is 187 Å². The molecule has 0 bridgehead atoms. The van der Waals surface area contributed by atoms with Crippen LogP contribution in [0.2, 0.25) is 0 Å². The van der Waals surface area contributed by atoms with Crippen molar-refractivity contribution >= 4 is 40.6 Å². The van der Waals surface area contributed by atoms with Gasteiger partial charge in [0.2, 0.25) is 11.8 Å². The van der Waals surface area contributed by atoms with Crippen LogP contribution in [0.3, 0.4) is 0 Å². The molecule has 0 saturated heterocycles. The van der Waals surface area contributed by atoms with Gasteiger partial charge in [-0.05, 0) is 81.5 Å². The molecule has 1 saturated carbocycles. The maximum atomic E-state index is 13.4. The number of amides is 2. The number of nitrogens with zero attached hydrogens (tertiary/aromatic N) is 2. The van der Waals surface area contributed by atoms with E-state index in [0.29, 0.717) is 16.9 Å². The Bertz CT molecular complexity index is 1120. The van der Waals surface area contributed by atoms with E-state index in [9.17, 15) is 14.4 Å². The van der Waals surface area contributed by atoms with Gasteiger partial charge in [0, 0.05) is 11.4 Å². The molecule has 0 aromatic heterocycles. The number of ether oxygens (including phenoxy) is 1. The van der Waals surface area contributed by atoms with Crippen LogP contribution in [0.5, 0.6) is 0 Å². The van der Waals surface area contributed by atoms with Gasteiger partial charge in [0.1, 0.15) is 6.54 Å². The molecule has 2 aliphatic rings. The van der Waals surface area contributed by atoms with E-state index in [1.165, 1.54) is 0 Å². The summed E-state index contributed by atoms with van der Waals surface area (Å²) < 4.78 is 5.02. The van der Waals surface area contributed by atoms with E-state index in [1.807, 2.05) is 26.0 Å². The summed E-state index contributed by atoms with van der Waals surface area (Å²) in [6, 6.07) is 10.5. The number of carbonyl (C=O) groups excluding carboxylic acids is 3. The van der Waals surface area contributed by atoms with E-state index in [1.54, 1.807) is 36.1 Å². The van der Waals surface area contributed by atoms with Crippen LogP contribution in [0.4, 0.5) is 17.1 Å². The summed E-state index contributed by atoms with van der Waals surface area (Å²) >= 11 is 0. The maximum Gasteiger partial charge on any atom is 0.338 e. The number of aryl methyl sites for hydroxylation is 2. The van der Waals surface area contributed by atoms with Gasteiger partial charge in [-0.25, -0.2) is 4.79 Å². The van der Waals surface area contributed by atoms with Crippen LogP contribution in [0.1, 0.15) is 47.7 Å². The van der Waals surface area contributed by atoms with Gasteiger partial charge in [-0.3, -0.25) is 14.6 Å². The number of benzene rings is 2. The number of aliphatic imine (C=N–C) groups is 1. The van der Waals surface area contributed by atoms with E-state index in [4.69, 9.17) is 9.73 Å². The summed E-state index contributed by atoms with van der Waals surface area (Å²) in [5.41, 5.74) is 5.27. The number of fused-ring (bicyclic) bond motifs is 2. The summed E-state index contributed by atoms with van der Waals surface area (Å²) in [4.78, 5) is 44.7. The van der Waals surface area contributed by atoms with Crippen molar-refractivity contribution < 1.29 is 19.1 Å². The van der Waals surface area contributed by atoms with Crippen LogP contribution >= 0.6 is 0 Å². The van der Waals surface area contributed by atoms with Gasteiger partial charge < -0.3 is 15.0 Å². The minimum absolute atomic E-state index is 0.0846. The Morgan fingerprint density at radius 1 is 1.19 bits per heavy atom. The van der Waals surface area contributed by atoms with Crippen molar-refractivity contribution in [2.45, 2.75) is 40.0 Å². The minimum Gasteiger partial charge on any atom is -0.462 e. The van der Waals surface area contributed by atoms with Crippen molar-refractivity contribution in [3.05, 3.63) is 53.1 Å². The summed E-state index contributed by atoms with van der Waals surface area (Å²) in [5, 5.41) is 2.81. The predicted molar refractivity (Wildman–Crippen MR) is 124 cm³/mol. The topological polar surface area (TPSA) is 88.1 Å². The Morgan fingerprint density at radius 2 is 1.97 bits per heavy atom. The SMILES string of the molecule is CCOC(=O)c1cccc(NC(=O)CN2C(=O)C3CCCC3=Nc3cc(C)c(C)cc32)c1. The number of hydrogen-bond acceptors (Lipinski definition) is 5. The van der Waals surface area contributed by atoms with Crippen LogP contribution in [0.15, 0.2) is 41.4 Å². The molecule has 32 heavy (non-hydrogen) atoms. The van der Waals surface area contributed by atoms with Gasteiger partial charge in [-0.2, -0.15) is 0 Å². The summed E-state index contributed by atoms with van der Waals surface area (Å²) in [6.45, 7) is 5.88. The van der Waals surface area contributed by atoms with E-state index >= 15 is 0 Å². The van der Waals surface area contributed by atoms with Gasteiger partial charge in [0.25, 0.3) is 0 Å². The Morgan fingerprint density at radius 3 is 2.75 bits per heavy atom. The fourth-order valence-electron chi connectivity index (χ4n) is 4.23. The molecule has 166 valence electrons. The largest absolute Gasteiger partial charge is 0.462 e. The normalized spacial score (nSPS) is 17.2. The van der Waals surface area contributed by atoms with Gasteiger partial charge in [0.05, 0.1) is 29.5 Å². The molecule has 2 aromatic rings.